The molecule has 0 bridgehead atoms. The zero-order valence-electron chi connectivity index (χ0n) is 11.0. The van der Waals surface area contributed by atoms with Crippen LogP contribution < -0.4 is 0 Å². The summed E-state index contributed by atoms with van der Waals surface area (Å²) in [6, 6.07) is 0. The fraction of sp³-hybridized carbons (Fsp3) is 0.917. The molecule has 100 valence electrons. The van der Waals surface area contributed by atoms with Gasteiger partial charge in [-0.3, -0.25) is 4.79 Å². The molecule has 0 heterocycles. The SMILES string of the molecule is CCOC(=O)C1C(OC)CCCC1(OC)OC. The number of hydrogen-bond acceptors (Lipinski definition) is 5. The fourth-order valence-corrected chi connectivity index (χ4v) is 2.51. The monoisotopic (exact) mass is 246 g/mol. The molecule has 0 N–H and O–H groups in total. The second-order valence-corrected chi connectivity index (χ2v) is 4.12. The van der Waals surface area contributed by atoms with Crippen LogP contribution in [0.5, 0.6) is 0 Å². The molecule has 5 nitrogen and oxygen atoms in total. The third-order valence-corrected chi connectivity index (χ3v) is 3.39. The minimum Gasteiger partial charge on any atom is -0.466 e. The number of carbonyl (C=O) groups excluding carboxylic acids is 1. The van der Waals surface area contributed by atoms with E-state index in [0.717, 1.165) is 12.8 Å². The Labute approximate surface area is 102 Å². The van der Waals surface area contributed by atoms with Gasteiger partial charge in [-0.15, -0.1) is 0 Å². The molecule has 1 aliphatic rings. The summed E-state index contributed by atoms with van der Waals surface area (Å²) in [7, 11) is 4.69. The van der Waals surface area contributed by atoms with Gasteiger partial charge in [0, 0.05) is 27.8 Å². The second-order valence-electron chi connectivity index (χ2n) is 4.12. The average molecular weight is 246 g/mol. The van der Waals surface area contributed by atoms with Gasteiger partial charge in [0.1, 0.15) is 5.92 Å². The van der Waals surface area contributed by atoms with Crippen molar-refractivity contribution in [2.24, 2.45) is 5.92 Å². The Bertz CT molecular complexity index is 249. The van der Waals surface area contributed by atoms with Gasteiger partial charge in [-0.05, 0) is 19.8 Å². The highest BCUT2D eigenvalue weighted by Crippen LogP contribution is 2.39. The molecule has 0 radical (unpaired) electrons. The van der Waals surface area contributed by atoms with E-state index < -0.39 is 11.7 Å². The van der Waals surface area contributed by atoms with Crippen LogP contribution in [0.1, 0.15) is 26.2 Å². The summed E-state index contributed by atoms with van der Waals surface area (Å²) in [5.41, 5.74) is 0. The van der Waals surface area contributed by atoms with Crippen molar-refractivity contribution in [1.29, 1.82) is 0 Å². The third kappa shape index (κ3) is 2.78. The van der Waals surface area contributed by atoms with E-state index in [1.807, 2.05) is 0 Å². The molecule has 0 aliphatic heterocycles. The van der Waals surface area contributed by atoms with Crippen LogP contribution in [0, 0.1) is 5.92 Å². The standard InChI is InChI=1S/C12H22O5/c1-5-17-11(13)10-9(14-2)7-6-8-12(10,15-3)16-4/h9-10H,5-8H2,1-4H3. The molecule has 5 heteroatoms. The maximum absolute atomic E-state index is 12.0. The molecule has 2 atom stereocenters. The van der Waals surface area contributed by atoms with Gasteiger partial charge >= 0.3 is 5.97 Å². The number of rotatable bonds is 5. The van der Waals surface area contributed by atoms with Gasteiger partial charge in [0.05, 0.1) is 12.7 Å². The Kier molecular flexibility index (Phi) is 5.36. The first kappa shape index (κ1) is 14.4. The Balaban J connectivity index is 2.96. The van der Waals surface area contributed by atoms with Crippen LogP contribution in [0.3, 0.4) is 0 Å². The van der Waals surface area contributed by atoms with Crippen molar-refractivity contribution in [3.8, 4) is 0 Å². The minimum absolute atomic E-state index is 0.220. The lowest BCUT2D eigenvalue weighted by molar-refractivity contribution is -0.274. The molecule has 0 spiro atoms. The van der Waals surface area contributed by atoms with E-state index in [1.54, 1.807) is 28.3 Å². The topological polar surface area (TPSA) is 54.0 Å². The van der Waals surface area contributed by atoms with E-state index in [1.165, 1.54) is 0 Å². The van der Waals surface area contributed by atoms with Crippen molar-refractivity contribution in [2.75, 3.05) is 27.9 Å². The lowest BCUT2D eigenvalue weighted by atomic mass is 9.80. The molecular weight excluding hydrogens is 224 g/mol. The van der Waals surface area contributed by atoms with Crippen molar-refractivity contribution in [2.45, 2.75) is 38.1 Å². The first-order valence-corrected chi connectivity index (χ1v) is 5.95. The van der Waals surface area contributed by atoms with Gasteiger partial charge in [0.2, 0.25) is 0 Å². The van der Waals surface area contributed by atoms with Gasteiger partial charge in [0.15, 0.2) is 5.79 Å². The summed E-state index contributed by atoms with van der Waals surface area (Å²) in [5.74, 6) is -1.77. The predicted molar refractivity (Wildman–Crippen MR) is 61.5 cm³/mol. The van der Waals surface area contributed by atoms with Crippen molar-refractivity contribution < 1.29 is 23.7 Å². The largest absolute Gasteiger partial charge is 0.466 e. The summed E-state index contributed by atoms with van der Waals surface area (Å²) >= 11 is 0. The van der Waals surface area contributed by atoms with Crippen LogP contribution >= 0.6 is 0 Å². The summed E-state index contributed by atoms with van der Waals surface area (Å²) in [6.07, 6.45) is 2.16. The highest BCUT2D eigenvalue weighted by molar-refractivity contribution is 5.74. The maximum Gasteiger partial charge on any atom is 0.317 e. The van der Waals surface area contributed by atoms with Gasteiger partial charge in [-0.2, -0.15) is 0 Å². The second kappa shape index (κ2) is 6.33. The van der Waals surface area contributed by atoms with Crippen molar-refractivity contribution in [1.82, 2.24) is 0 Å². The quantitative estimate of drug-likeness (QED) is 0.541. The first-order valence-electron chi connectivity index (χ1n) is 5.95. The number of methoxy groups -OCH3 is 3. The number of esters is 1. The molecule has 17 heavy (non-hydrogen) atoms. The smallest absolute Gasteiger partial charge is 0.317 e. The van der Waals surface area contributed by atoms with Gasteiger partial charge in [-0.1, -0.05) is 0 Å². The first-order chi connectivity index (χ1) is 8.15. The molecule has 1 aliphatic carbocycles. The van der Waals surface area contributed by atoms with Crippen LogP contribution in [-0.2, 0) is 23.7 Å². The molecule has 1 fully saturated rings. The Morgan fingerprint density at radius 2 is 1.94 bits per heavy atom. The lowest BCUT2D eigenvalue weighted by Crippen LogP contribution is -2.55. The number of hydrogen-bond donors (Lipinski definition) is 0. The van der Waals surface area contributed by atoms with Crippen LogP contribution in [0.4, 0.5) is 0 Å². The summed E-state index contributed by atoms with van der Waals surface area (Å²) in [4.78, 5) is 12.0. The molecule has 2 unspecified atom stereocenters. The lowest BCUT2D eigenvalue weighted by Gasteiger charge is -2.43. The number of carbonyl (C=O) groups is 1. The maximum atomic E-state index is 12.0. The highest BCUT2D eigenvalue weighted by atomic mass is 16.7. The Hall–Kier alpha value is -0.650. The molecule has 0 saturated heterocycles. The molecule has 0 amide bonds. The third-order valence-electron chi connectivity index (χ3n) is 3.39. The van der Waals surface area contributed by atoms with Gasteiger partial charge in [0.25, 0.3) is 0 Å². The molecule has 0 aromatic carbocycles. The zero-order valence-corrected chi connectivity index (χ0v) is 11.0. The van der Waals surface area contributed by atoms with E-state index in [2.05, 4.69) is 0 Å². The van der Waals surface area contributed by atoms with Crippen LogP contribution in [0.15, 0.2) is 0 Å². The van der Waals surface area contributed by atoms with Crippen LogP contribution in [-0.4, -0.2) is 45.8 Å². The number of ether oxygens (including phenoxy) is 4. The van der Waals surface area contributed by atoms with Crippen LogP contribution in [0.2, 0.25) is 0 Å². The fourth-order valence-electron chi connectivity index (χ4n) is 2.51. The Morgan fingerprint density at radius 1 is 1.29 bits per heavy atom. The molecule has 0 aromatic heterocycles. The van der Waals surface area contributed by atoms with E-state index >= 15 is 0 Å². The van der Waals surface area contributed by atoms with Crippen molar-refractivity contribution in [3.05, 3.63) is 0 Å². The highest BCUT2D eigenvalue weighted by Gasteiger charge is 2.52. The van der Waals surface area contributed by atoms with Crippen molar-refractivity contribution in [3.63, 3.8) is 0 Å². The molecule has 1 rings (SSSR count). The average Bonchev–Trinajstić information content (AvgIpc) is 2.37. The van der Waals surface area contributed by atoms with Crippen LogP contribution in [0.25, 0.3) is 0 Å². The summed E-state index contributed by atoms with van der Waals surface area (Å²) in [6.45, 7) is 2.12. The Morgan fingerprint density at radius 3 is 2.41 bits per heavy atom. The normalized spacial score (nSPS) is 27.8. The van der Waals surface area contributed by atoms with Gasteiger partial charge in [-0.25, -0.2) is 0 Å². The predicted octanol–water partition coefficient (Wildman–Crippen LogP) is 1.35. The molecular formula is C12H22O5. The molecule has 0 aromatic rings. The summed E-state index contributed by atoms with van der Waals surface area (Å²) in [5, 5.41) is 0. The zero-order chi connectivity index (χ0) is 12.9. The van der Waals surface area contributed by atoms with E-state index in [0.29, 0.717) is 13.0 Å². The van der Waals surface area contributed by atoms with E-state index in [9.17, 15) is 4.79 Å². The summed E-state index contributed by atoms with van der Waals surface area (Å²) < 4.78 is 21.3. The van der Waals surface area contributed by atoms with E-state index in [4.69, 9.17) is 18.9 Å². The molecule has 1 saturated carbocycles. The minimum atomic E-state index is -0.925. The van der Waals surface area contributed by atoms with E-state index in [-0.39, 0.29) is 12.1 Å². The van der Waals surface area contributed by atoms with Gasteiger partial charge < -0.3 is 18.9 Å². The van der Waals surface area contributed by atoms with Crippen molar-refractivity contribution >= 4 is 5.97 Å².